The van der Waals surface area contributed by atoms with E-state index in [1.807, 2.05) is 95.3 Å². The second-order valence-corrected chi connectivity index (χ2v) is 9.57. The summed E-state index contributed by atoms with van der Waals surface area (Å²) < 4.78 is 3.62. The third-order valence-electron chi connectivity index (χ3n) is 4.27. The molecule has 2 N–H and O–H groups in total. The molecule has 3 rings (SSSR count). The first-order valence-electron chi connectivity index (χ1n) is 10.6. The molecule has 0 fully saturated rings. The second-order valence-electron chi connectivity index (χ2n) is 6.86. The van der Waals surface area contributed by atoms with E-state index in [1.165, 1.54) is 0 Å². The summed E-state index contributed by atoms with van der Waals surface area (Å²) in [6, 6.07) is 7.90. The summed E-state index contributed by atoms with van der Waals surface area (Å²) in [5, 5.41) is 23.0. The number of nitrogens with zero attached hydrogens (tertiary/aromatic N) is 8. The molecule has 12 heteroatoms. The molecule has 0 spiro atoms. The van der Waals surface area contributed by atoms with Gasteiger partial charge in [-0.2, -0.15) is 5.11 Å². The molecule has 0 atom stereocenters. The Morgan fingerprint density at radius 1 is 0.853 bits per heavy atom. The topological polar surface area (TPSA) is 109 Å². The van der Waals surface area contributed by atoms with Crippen LogP contribution in [0, 0.1) is 0 Å². The first-order valence-corrected chi connectivity index (χ1v) is 13.1. The van der Waals surface area contributed by atoms with Gasteiger partial charge in [-0.25, -0.2) is 9.97 Å². The molecular weight excluding hydrogens is 468 g/mol. The minimum absolute atomic E-state index is 0.578. The summed E-state index contributed by atoms with van der Waals surface area (Å²) >= 11 is 0. The molecule has 2 aromatic heterocycles. The van der Waals surface area contributed by atoms with Crippen molar-refractivity contribution in [2.24, 2.45) is 34.6 Å². The maximum atomic E-state index is 4.21. The van der Waals surface area contributed by atoms with Crippen LogP contribution in [0.2, 0.25) is 0 Å². The number of allylic oxidation sites excluding steroid dienone is 2. The average Bonchev–Trinajstić information content (AvgIpc) is 3.46. The van der Waals surface area contributed by atoms with Crippen LogP contribution in [0.15, 0.2) is 94.1 Å². The quantitative estimate of drug-likeness (QED) is 0.127. The van der Waals surface area contributed by atoms with Crippen LogP contribution in [0.5, 0.6) is 0 Å². The Labute approximate surface area is 207 Å². The smallest absolute Gasteiger partial charge is 0.249 e. The monoisotopic (exact) mass is 496 g/mol. The molecule has 0 aliphatic rings. The summed E-state index contributed by atoms with van der Waals surface area (Å²) in [4.78, 5) is 8.19. The highest BCUT2D eigenvalue weighted by Gasteiger charge is 1.97. The van der Waals surface area contributed by atoms with E-state index in [1.54, 1.807) is 23.2 Å². The minimum atomic E-state index is 0.578. The summed E-state index contributed by atoms with van der Waals surface area (Å²) in [5.74, 6) is 3.20. The van der Waals surface area contributed by atoms with E-state index < -0.39 is 0 Å². The van der Waals surface area contributed by atoms with Crippen LogP contribution in [-0.4, -0.2) is 43.7 Å². The number of hydrogen-bond donors (Lipinski definition) is 2. The van der Waals surface area contributed by atoms with Gasteiger partial charge in [0.15, 0.2) is 0 Å². The lowest BCUT2D eigenvalue weighted by Crippen LogP contribution is -2.08. The fourth-order valence-electron chi connectivity index (χ4n) is 2.49. The minimum Gasteiger partial charge on any atom is -0.390 e. The third-order valence-corrected chi connectivity index (χ3v) is 6.67. The van der Waals surface area contributed by atoms with E-state index >= 15 is 0 Å². The first kappa shape index (κ1) is 25.2. The predicted molar refractivity (Wildman–Crippen MR) is 141 cm³/mol. The Morgan fingerprint density at radius 2 is 1.53 bits per heavy atom. The molecular formula is C22H28N10S2. The first-order chi connectivity index (χ1) is 16.7. The van der Waals surface area contributed by atoms with Gasteiger partial charge in [-0.1, -0.05) is 21.6 Å². The van der Waals surface area contributed by atoms with Crippen molar-refractivity contribution < 1.29 is 0 Å². The van der Waals surface area contributed by atoms with E-state index in [9.17, 15) is 0 Å². The average molecular weight is 497 g/mol. The number of azo groups is 2. The zero-order valence-electron chi connectivity index (χ0n) is 19.2. The third kappa shape index (κ3) is 9.24. The van der Waals surface area contributed by atoms with Crippen LogP contribution < -0.4 is 10.6 Å². The molecule has 178 valence electrons. The molecule has 0 aliphatic carbocycles. The molecule has 3 aromatic rings. The van der Waals surface area contributed by atoms with Gasteiger partial charge in [0.05, 0.1) is 5.69 Å². The van der Waals surface area contributed by atoms with E-state index in [2.05, 4.69) is 41.1 Å². The summed E-state index contributed by atoms with van der Waals surface area (Å²) in [6.45, 7) is 1.80. The Morgan fingerprint density at radius 3 is 2.21 bits per heavy atom. The largest absolute Gasteiger partial charge is 0.390 e. The van der Waals surface area contributed by atoms with Crippen molar-refractivity contribution in [1.82, 2.24) is 24.4 Å². The summed E-state index contributed by atoms with van der Waals surface area (Å²) in [7, 11) is 7.47. The zero-order chi connectivity index (χ0) is 23.8. The molecule has 10 nitrogen and oxygen atoms in total. The molecule has 0 amide bonds. The Bertz CT molecular complexity index is 1100. The van der Waals surface area contributed by atoms with Crippen molar-refractivity contribution in [3.8, 4) is 0 Å². The van der Waals surface area contributed by atoms with E-state index in [0.29, 0.717) is 11.9 Å². The van der Waals surface area contributed by atoms with Crippen LogP contribution in [0.4, 0.5) is 23.3 Å². The highest BCUT2D eigenvalue weighted by Crippen LogP contribution is 2.21. The van der Waals surface area contributed by atoms with Crippen molar-refractivity contribution in [1.29, 1.82) is 0 Å². The maximum absolute atomic E-state index is 4.21. The lowest BCUT2D eigenvalue weighted by molar-refractivity contribution is 0.892. The molecule has 0 unspecified atom stereocenters. The van der Waals surface area contributed by atoms with Gasteiger partial charge in [0, 0.05) is 75.4 Å². The number of anilines is 1. The van der Waals surface area contributed by atoms with Crippen LogP contribution >= 0.6 is 21.6 Å². The van der Waals surface area contributed by atoms with Crippen LogP contribution in [-0.2, 0) is 14.1 Å². The second kappa shape index (κ2) is 14.7. The van der Waals surface area contributed by atoms with Crippen LogP contribution in [0.3, 0.4) is 0 Å². The Hall–Kier alpha value is -3.38. The highest BCUT2D eigenvalue weighted by atomic mass is 33.1. The standard InChI is InChI=1S/C22H28N10S2/c1-31-15-11-25-21(31)29-27-10-4-3-9-23-13-17-33-34-18-14-24-19-5-7-20(8-6-19)28-30-22-26-12-16-32(22)2/h3-12,15-16,23-24H,13-14,17-18H2,1-2H3/b9-3+,10-4+,29-27+,30-28+. The van der Waals surface area contributed by atoms with Gasteiger partial charge < -0.3 is 19.8 Å². The van der Waals surface area contributed by atoms with Crippen LogP contribution in [0.25, 0.3) is 0 Å². The molecule has 0 radical (unpaired) electrons. The van der Waals surface area contributed by atoms with Gasteiger partial charge >= 0.3 is 0 Å². The van der Waals surface area contributed by atoms with Gasteiger partial charge in [0.2, 0.25) is 11.9 Å². The van der Waals surface area contributed by atoms with Crippen LogP contribution in [0.1, 0.15) is 0 Å². The molecule has 0 saturated heterocycles. The van der Waals surface area contributed by atoms with Gasteiger partial charge in [-0.15, -0.1) is 15.3 Å². The lowest BCUT2D eigenvalue weighted by atomic mass is 10.3. The molecule has 1 aromatic carbocycles. The number of nitrogens with one attached hydrogen (secondary N) is 2. The number of imidazole rings is 2. The maximum Gasteiger partial charge on any atom is 0.249 e. The van der Waals surface area contributed by atoms with Gasteiger partial charge in [0.1, 0.15) is 0 Å². The summed E-state index contributed by atoms with van der Waals surface area (Å²) in [6.07, 6.45) is 14.3. The molecule has 2 heterocycles. The lowest BCUT2D eigenvalue weighted by Gasteiger charge is -2.06. The number of rotatable bonds is 14. The number of aromatic nitrogens is 4. The normalized spacial score (nSPS) is 12.1. The van der Waals surface area contributed by atoms with Crippen molar-refractivity contribution in [2.75, 3.05) is 29.9 Å². The predicted octanol–water partition coefficient (Wildman–Crippen LogP) is 5.76. The van der Waals surface area contributed by atoms with E-state index in [4.69, 9.17) is 0 Å². The number of benzene rings is 1. The van der Waals surface area contributed by atoms with E-state index in [-0.39, 0.29) is 0 Å². The number of hydrogen-bond acceptors (Lipinski definition) is 10. The van der Waals surface area contributed by atoms with E-state index in [0.717, 1.165) is 36.0 Å². The molecule has 0 aliphatic heterocycles. The molecule has 0 saturated carbocycles. The highest BCUT2D eigenvalue weighted by molar-refractivity contribution is 8.76. The summed E-state index contributed by atoms with van der Waals surface area (Å²) in [5.41, 5.74) is 1.87. The Kier molecular flexibility index (Phi) is 10.9. The Balaban J connectivity index is 1.18. The SMILES string of the molecule is Cn1ccnc1/N=N/C=C/C=C/NCCSSCCNc1ccc(/N=N/c2nccn2C)cc1. The van der Waals surface area contributed by atoms with Gasteiger partial charge in [0.25, 0.3) is 0 Å². The zero-order valence-corrected chi connectivity index (χ0v) is 20.8. The fourth-order valence-corrected chi connectivity index (χ4v) is 4.32. The van der Waals surface area contributed by atoms with Crippen molar-refractivity contribution in [2.45, 2.75) is 0 Å². The van der Waals surface area contributed by atoms with Gasteiger partial charge in [-0.05, 0) is 42.6 Å². The fraction of sp³-hybridized carbons (Fsp3) is 0.273. The van der Waals surface area contributed by atoms with Gasteiger partial charge in [-0.3, -0.25) is 0 Å². The molecule has 0 bridgehead atoms. The van der Waals surface area contributed by atoms with Crippen molar-refractivity contribution >= 4 is 44.9 Å². The van der Waals surface area contributed by atoms with Crippen molar-refractivity contribution in [3.63, 3.8) is 0 Å². The molecule has 34 heavy (non-hydrogen) atoms. The number of aryl methyl sites for hydroxylation is 2. The van der Waals surface area contributed by atoms with Crippen molar-refractivity contribution in [3.05, 3.63) is 73.6 Å².